The van der Waals surface area contributed by atoms with Crippen LogP contribution in [0.4, 0.5) is 0 Å². The monoisotopic (exact) mass is 357 g/mol. The third-order valence-corrected chi connectivity index (χ3v) is 4.05. The van der Waals surface area contributed by atoms with E-state index < -0.39 is 11.9 Å². The smallest absolute Gasteiger partial charge is 0.414 e. The number of rotatable bonds is 4. The maximum Gasteiger partial charge on any atom is 0.414 e. The minimum Gasteiger partial charge on any atom is -0.473 e. The third kappa shape index (κ3) is 6.31. The normalized spacial score (nSPS) is 19.1. The van der Waals surface area contributed by atoms with Gasteiger partial charge in [0.05, 0.1) is 18.8 Å². The molecule has 138 valence electrons. The second-order valence-electron chi connectivity index (χ2n) is 5.93. The van der Waals surface area contributed by atoms with E-state index in [-0.39, 0.29) is 6.10 Å². The fraction of sp³-hybridized carbons (Fsp3) is 0.300. The molecule has 0 saturated carbocycles. The van der Waals surface area contributed by atoms with Crippen LogP contribution >= 0.6 is 0 Å². The van der Waals surface area contributed by atoms with Gasteiger partial charge in [-0.3, -0.25) is 0 Å². The summed E-state index contributed by atoms with van der Waals surface area (Å²) in [5.74, 6) is -3.65. The molecule has 3 N–H and O–H groups in total. The molecule has 26 heavy (non-hydrogen) atoms. The molecule has 2 atom stereocenters. The topological polar surface area (TPSA) is 95.9 Å². The number of carbonyl (C=O) groups is 2. The highest BCUT2D eigenvalue weighted by atomic mass is 16.5. The van der Waals surface area contributed by atoms with E-state index in [1.165, 1.54) is 17.5 Å². The van der Waals surface area contributed by atoms with E-state index in [0.29, 0.717) is 12.6 Å². The average Bonchev–Trinajstić information content (AvgIpc) is 2.68. The highest BCUT2D eigenvalue weighted by Crippen LogP contribution is 2.26. The summed E-state index contributed by atoms with van der Waals surface area (Å²) in [5.41, 5.74) is 2.56. The van der Waals surface area contributed by atoms with Crippen molar-refractivity contribution in [1.29, 1.82) is 0 Å². The Morgan fingerprint density at radius 1 is 0.962 bits per heavy atom. The molecule has 0 bridgehead atoms. The van der Waals surface area contributed by atoms with Gasteiger partial charge in [0.1, 0.15) is 0 Å². The second-order valence-corrected chi connectivity index (χ2v) is 5.93. The standard InChI is InChI=1S/C18H21NO.C2H2O4/c1-3-8-15(9-4-1)14-20-17-12-7-13-19-18(17)16-10-5-2-6-11-16;3-1(4)2(5)6/h1-6,8-11,17-19H,7,12-14H2;(H,3,4)(H,5,6)/t17-,18-;/m1./s1. The Kier molecular flexibility index (Phi) is 7.79. The molecule has 0 spiro atoms. The van der Waals surface area contributed by atoms with Gasteiger partial charge in [0.2, 0.25) is 0 Å². The summed E-state index contributed by atoms with van der Waals surface area (Å²) in [7, 11) is 0. The lowest BCUT2D eigenvalue weighted by molar-refractivity contribution is -0.159. The first-order valence-corrected chi connectivity index (χ1v) is 8.48. The zero-order chi connectivity index (χ0) is 18.8. The van der Waals surface area contributed by atoms with Gasteiger partial charge < -0.3 is 20.3 Å². The first-order valence-electron chi connectivity index (χ1n) is 8.48. The molecule has 0 radical (unpaired) electrons. The van der Waals surface area contributed by atoms with E-state index in [1.54, 1.807) is 0 Å². The van der Waals surface area contributed by atoms with Crippen LogP contribution in [0.2, 0.25) is 0 Å². The Morgan fingerprint density at radius 3 is 2.12 bits per heavy atom. The molecule has 6 heteroatoms. The summed E-state index contributed by atoms with van der Waals surface area (Å²) >= 11 is 0. The highest BCUT2D eigenvalue weighted by molar-refractivity contribution is 6.27. The number of hydrogen-bond donors (Lipinski definition) is 3. The molecular weight excluding hydrogens is 334 g/mol. The van der Waals surface area contributed by atoms with Crippen molar-refractivity contribution in [1.82, 2.24) is 5.32 Å². The predicted molar refractivity (Wildman–Crippen MR) is 96.7 cm³/mol. The van der Waals surface area contributed by atoms with Crippen LogP contribution in [-0.2, 0) is 20.9 Å². The fourth-order valence-corrected chi connectivity index (χ4v) is 2.81. The lowest BCUT2D eigenvalue weighted by Gasteiger charge is -2.33. The van der Waals surface area contributed by atoms with Gasteiger partial charge in [0, 0.05) is 0 Å². The van der Waals surface area contributed by atoms with Crippen LogP contribution < -0.4 is 5.32 Å². The van der Waals surface area contributed by atoms with Crippen molar-refractivity contribution in [3.05, 3.63) is 71.8 Å². The largest absolute Gasteiger partial charge is 0.473 e. The van der Waals surface area contributed by atoms with Gasteiger partial charge in [-0.2, -0.15) is 0 Å². The summed E-state index contributed by atoms with van der Waals surface area (Å²) in [5, 5.41) is 18.4. The molecule has 1 aliphatic rings. The molecule has 1 aliphatic heterocycles. The lowest BCUT2D eigenvalue weighted by Crippen LogP contribution is -2.39. The van der Waals surface area contributed by atoms with Gasteiger partial charge in [-0.25, -0.2) is 9.59 Å². The Labute approximate surface area is 152 Å². The molecule has 0 unspecified atom stereocenters. The zero-order valence-electron chi connectivity index (χ0n) is 14.4. The highest BCUT2D eigenvalue weighted by Gasteiger charge is 2.26. The first kappa shape index (κ1) is 19.6. The summed E-state index contributed by atoms with van der Waals surface area (Å²) < 4.78 is 6.17. The number of piperidine rings is 1. The summed E-state index contributed by atoms with van der Waals surface area (Å²) in [6.07, 6.45) is 2.56. The van der Waals surface area contributed by atoms with E-state index in [4.69, 9.17) is 24.5 Å². The lowest BCUT2D eigenvalue weighted by atomic mass is 9.94. The SMILES string of the molecule is O=C(O)C(=O)O.c1ccc(CO[C@@H]2CCCN[C@@H]2c2ccccc2)cc1. The number of hydrogen-bond acceptors (Lipinski definition) is 4. The minimum atomic E-state index is -1.82. The van der Waals surface area contributed by atoms with Crippen LogP contribution in [0.5, 0.6) is 0 Å². The van der Waals surface area contributed by atoms with Crippen LogP contribution in [0.1, 0.15) is 30.0 Å². The Balaban J connectivity index is 0.000000352. The van der Waals surface area contributed by atoms with E-state index in [0.717, 1.165) is 13.0 Å². The minimum absolute atomic E-state index is 0.256. The summed E-state index contributed by atoms with van der Waals surface area (Å²) in [4.78, 5) is 18.2. The van der Waals surface area contributed by atoms with Crippen molar-refractivity contribution in [3.8, 4) is 0 Å². The molecule has 1 saturated heterocycles. The fourth-order valence-electron chi connectivity index (χ4n) is 2.81. The van der Waals surface area contributed by atoms with E-state index in [9.17, 15) is 0 Å². The predicted octanol–water partition coefficient (Wildman–Crippen LogP) is 2.85. The maximum atomic E-state index is 9.10. The third-order valence-electron chi connectivity index (χ3n) is 4.05. The summed E-state index contributed by atoms with van der Waals surface area (Å²) in [6.45, 7) is 1.77. The van der Waals surface area contributed by atoms with Crippen LogP contribution in [0, 0.1) is 0 Å². The first-order chi connectivity index (χ1) is 12.6. The molecule has 0 aliphatic carbocycles. The van der Waals surface area contributed by atoms with Crippen LogP contribution in [0.15, 0.2) is 60.7 Å². The van der Waals surface area contributed by atoms with Gasteiger partial charge in [0.25, 0.3) is 0 Å². The zero-order valence-corrected chi connectivity index (χ0v) is 14.4. The van der Waals surface area contributed by atoms with Crippen LogP contribution in [0.3, 0.4) is 0 Å². The molecule has 2 aromatic carbocycles. The van der Waals surface area contributed by atoms with Crippen LogP contribution in [-0.4, -0.2) is 34.8 Å². The molecule has 2 aromatic rings. The summed E-state index contributed by atoms with van der Waals surface area (Å²) in [6, 6.07) is 21.3. The number of benzene rings is 2. The number of nitrogens with one attached hydrogen (secondary N) is 1. The molecule has 0 aromatic heterocycles. The van der Waals surface area contributed by atoms with Gasteiger partial charge in [0.15, 0.2) is 0 Å². The second kappa shape index (κ2) is 10.3. The molecule has 1 heterocycles. The van der Waals surface area contributed by atoms with Crippen LogP contribution in [0.25, 0.3) is 0 Å². The van der Waals surface area contributed by atoms with Crippen molar-refractivity contribution in [2.75, 3.05) is 6.54 Å². The Morgan fingerprint density at radius 2 is 1.54 bits per heavy atom. The number of aliphatic carboxylic acids is 2. The van der Waals surface area contributed by atoms with Gasteiger partial charge >= 0.3 is 11.9 Å². The molecule has 0 amide bonds. The van der Waals surface area contributed by atoms with E-state index in [1.807, 2.05) is 6.07 Å². The van der Waals surface area contributed by atoms with Crippen molar-refractivity contribution in [2.45, 2.75) is 31.6 Å². The van der Waals surface area contributed by atoms with Gasteiger partial charge in [-0.05, 0) is 30.5 Å². The Hall–Kier alpha value is -2.70. The van der Waals surface area contributed by atoms with Crippen molar-refractivity contribution >= 4 is 11.9 Å². The maximum absolute atomic E-state index is 9.10. The van der Waals surface area contributed by atoms with Gasteiger partial charge in [-0.15, -0.1) is 0 Å². The number of carboxylic acid groups (broad SMARTS) is 2. The van der Waals surface area contributed by atoms with Crippen molar-refractivity contribution in [2.24, 2.45) is 0 Å². The Bertz CT molecular complexity index is 678. The quantitative estimate of drug-likeness (QED) is 0.728. The molecule has 3 rings (SSSR count). The number of ether oxygens (including phenoxy) is 1. The molecule has 6 nitrogen and oxygen atoms in total. The van der Waals surface area contributed by atoms with E-state index >= 15 is 0 Å². The van der Waals surface area contributed by atoms with E-state index in [2.05, 4.69) is 59.9 Å². The molecular formula is C20H23NO5. The van der Waals surface area contributed by atoms with Gasteiger partial charge in [-0.1, -0.05) is 60.7 Å². The average molecular weight is 357 g/mol. The van der Waals surface area contributed by atoms with Crippen molar-refractivity contribution in [3.63, 3.8) is 0 Å². The number of carboxylic acids is 2. The molecule has 1 fully saturated rings. The van der Waals surface area contributed by atoms with Crippen molar-refractivity contribution < 1.29 is 24.5 Å².